The number of hydrogen-bond donors (Lipinski definition) is 2. The zero-order chi connectivity index (χ0) is 17.1. The number of benzene rings is 1. The lowest BCUT2D eigenvalue weighted by atomic mass is 9.83. The Morgan fingerprint density at radius 2 is 2.23 bits per heavy atom. The number of nitrogens with zero attached hydrogens (tertiary/aromatic N) is 2. The zero-order valence-electron chi connectivity index (χ0n) is 14.2. The van der Waals surface area contributed by atoms with Crippen LogP contribution < -0.4 is 10.2 Å². The van der Waals surface area contributed by atoms with Gasteiger partial charge in [-0.1, -0.05) is 24.3 Å². The molecule has 26 heavy (non-hydrogen) atoms. The number of aromatic amines is 1. The first-order chi connectivity index (χ1) is 12.9. The Balaban J connectivity index is 1.47. The SMILES string of the molecule is C1=Cc2c[nH]c3c2C(=CCC3c2ccc3c(c2)CCO3)N2NC=NC=C12. The van der Waals surface area contributed by atoms with Gasteiger partial charge in [0.05, 0.1) is 24.2 Å². The lowest BCUT2D eigenvalue weighted by Gasteiger charge is -2.32. The normalized spacial score (nSPS) is 21.7. The van der Waals surface area contributed by atoms with Gasteiger partial charge in [0.25, 0.3) is 0 Å². The van der Waals surface area contributed by atoms with Crippen molar-refractivity contribution < 1.29 is 4.74 Å². The van der Waals surface area contributed by atoms with Crippen molar-refractivity contribution in [2.45, 2.75) is 18.8 Å². The molecule has 5 nitrogen and oxygen atoms in total. The summed E-state index contributed by atoms with van der Waals surface area (Å²) in [5.74, 6) is 1.38. The quantitative estimate of drug-likeness (QED) is 0.833. The lowest BCUT2D eigenvalue weighted by molar-refractivity contribution is 0.357. The molecule has 1 aliphatic carbocycles. The monoisotopic (exact) mass is 342 g/mol. The molecular weight excluding hydrogens is 324 g/mol. The Hall–Kier alpha value is -3.21. The van der Waals surface area contributed by atoms with Crippen LogP contribution in [0.4, 0.5) is 0 Å². The number of H-pyrrole nitrogens is 1. The number of allylic oxidation sites excluding steroid dienone is 2. The molecule has 0 radical (unpaired) electrons. The van der Waals surface area contributed by atoms with Crippen molar-refractivity contribution >= 4 is 18.1 Å². The van der Waals surface area contributed by atoms with Gasteiger partial charge in [-0.3, -0.25) is 10.4 Å². The summed E-state index contributed by atoms with van der Waals surface area (Å²) in [7, 11) is 0. The largest absolute Gasteiger partial charge is 0.493 e. The number of ether oxygens (including phenoxy) is 1. The molecule has 128 valence electrons. The fourth-order valence-corrected chi connectivity index (χ4v) is 4.36. The maximum atomic E-state index is 5.67. The van der Waals surface area contributed by atoms with E-state index in [1.54, 1.807) is 6.34 Å². The number of hydrazine groups is 1. The average molecular weight is 342 g/mol. The number of hydrogen-bond acceptors (Lipinski definition) is 4. The van der Waals surface area contributed by atoms with Gasteiger partial charge in [0.15, 0.2) is 0 Å². The summed E-state index contributed by atoms with van der Waals surface area (Å²) in [5.41, 5.74) is 12.0. The zero-order valence-corrected chi connectivity index (χ0v) is 14.2. The third-order valence-corrected chi connectivity index (χ3v) is 5.61. The summed E-state index contributed by atoms with van der Waals surface area (Å²) >= 11 is 0. The minimum Gasteiger partial charge on any atom is -0.493 e. The molecular formula is C21H18N4O. The third kappa shape index (κ3) is 1.88. The predicted molar refractivity (Wildman–Crippen MR) is 101 cm³/mol. The lowest BCUT2D eigenvalue weighted by Crippen LogP contribution is -2.36. The topological polar surface area (TPSA) is 52.6 Å². The van der Waals surface area contributed by atoms with E-state index in [0.717, 1.165) is 30.9 Å². The second-order valence-electron chi connectivity index (χ2n) is 7.01. The van der Waals surface area contributed by atoms with Gasteiger partial charge in [-0.15, -0.1) is 0 Å². The molecule has 0 saturated heterocycles. The van der Waals surface area contributed by atoms with Crippen LogP contribution in [0.25, 0.3) is 11.8 Å². The highest BCUT2D eigenvalue weighted by atomic mass is 16.5. The van der Waals surface area contributed by atoms with Crippen LogP contribution in [0, 0.1) is 0 Å². The summed E-state index contributed by atoms with van der Waals surface area (Å²) in [6, 6.07) is 6.66. The van der Waals surface area contributed by atoms with E-state index in [1.165, 1.54) is 33.6 Å². The van der Waals surface area contributed by atoms with E-state index < -0.39 is 0 Å². The molecule has 0 amide bonds. The van der Waals surface area contributed by atoms with Crippen LogP contribution in [-0.2, 0) is 6.42 Å². The van der Waals surface area contributed by atoms with E-state index in [-0.39, 0.29) is 0 Å². The minimum atomic E-state index is 0.339. The van der Waals surface area contributed by atoms with Crippen molar-refractivity contribution in [1.29, 1.82) is 0 Å². The van der Waals surface area contributed by atoms with Gasteiger partial charge in [0.2, 0.25) is 0 Å². The van der Waals surface area contributed by atoms with Crippen LogP contribution in [0.1, 0.15) is 40.3 Å². The van der Waals surface area contributed by atoms with Crippen molar-refractivity contribution in [3.05, 3.63) is 76.4 Å². The predicted octanol–water partition coefficient (Wildman–Crippen LogP) is 3.54. The van der Waals surface area contributed by atoms with Crippen LogP contribution in [0.2, 0.25) is 0 Å². The van der Waals surface area contributed by atoms with Crippen LogP contribution in [0.3, 0.4) is 0 Å². The molecule has 3 aliphatic heterocycles. The third-order valence-electron chi connectivity index (χ3n) is 5.61. The molecule has 6 rings (SSSR count). The van der Waals surface area contributed by atoms with Gasteiger partial charge >= 0.3 is 0 Å². The van der Waals surface area contributed by atoms with E-state index in [1.807, 2.05) is 6.20 Å². The standard InChI is InChI=1S/C21H18N4O/c1-3-16-11-22-12-24-25(16)18-5-4-17(21-20(18)15(1)10-23-21)13-2-6-19-14(9-13)7-8-26-19/h1-3,5-6,9-12,17,23H,4,7-8H2,(H,22,24). The van der Waals surface area contributed by atoms with E-state index >= 15 is 0 Å². The summed E-state index contributed by atoms with van der Waals surface area (Å²) in [5, 5.41) is 2.11. The van der Waals surface area contributed by atoms with E-state index in [2.05, 4.69) is 63.0 Å². The molecule has 1 atom stereocenters. The van der Waals surface area contributed by atoms with E-state index in [9.17, 15) is 0 Å². The Bertz CT molecular complexity index is 1040. The van der Waals surface area contributed by atoms with Gasteiger partial charge in [-0.25, -0.2) is 4.99 Å². The van der Waals surface area contributed by atoms with Crippen molar-refractivity contribution in [2.24, 2.45) is 4.99 Å². The second-order valence-corrected chi connectivity index (χ2v) is 7.01. The van der Waals surface area contributed by atoms with E-state index in [0.29, 0.717) is 5.92 Å². The summed E-state index contributed by atoms with van der Waals surface area (Å²) in [6.45, 7) is 0.799. The maximum absolute atomic E-state index is 5.67. The number of rotatable bonds is 1. The maximum Gasteiger partial charge on any atom is 0.122 e. The Kier molecular flexibility index (Phi) is 2.77. The number of aliphatic imine (C=N–C) groups is 1. The average Bonchev–Trinajstić information content (AvgIpc) is 3.29. The molecule has 0 spiro atoms. The first-order valence-corrected chi connectivity index (χ1v) is 9.02. The first-order valence-electron chi connectivity index (χ1n) is 9.02. The molecule has 2 aromatic rings. The molecule has 0 saturated carbocycles. The fraction of sp³-hybridized carbons (Fsp3) is 0.190. The number of nitrogens with one attached hydrogen (secondary N) is 2. The van der Waals surface area contributed by atoms with Crippen LogP contribution in [0.15, 0.2) is 53.4 Å². The first kappa shape index (κ1) is 14.0. The van der Waals surface area contributed by atoms with Crippen molar-refractivity contribution in [2.75, 3.05) is 6.61 Å². The summed E-state index contributed by atoms with van der Waals surface area (Å²) < 4.78 is 5.67. The molecule has 2 N–H and O–H groups in total. The molecule has 1 aromatic carbocycles. The van der Waals surface area contributed by atoms with Crippen molar-refractivity contribution in [3.8, 4) is 5.75 Å². The van der Waals surface area contributed by atoms with Crippen molar-refractivity contribution in [3.63, 3.8) is 0 Å². The minimum absolute atomic E-state index is 0.339. The molecule has 1 unspecified atom stereocenters. The Morgan fingerprint density at radius 1 is 1.23 bits per heavy atom. The van der Waals surface area contributed by atoms with Gasteiger partial charge in [-0.2, -0.15) is 0 Å². The van der Waals surface area contributed by atoms with Crippen LogP contribution in [0.5, 0.6) is 5.75 Å². The van der Waals surface area contributed by atoms with Crippen molar-refractivity contribution in [1.82, 2.24) is 15.4 Å². The van der Waals surface area contributed by atoms with Crippen LogP contribution >= 0.6 is 0 Å². The second kappa shape index (κ2) is 5.14. The Morgan fingerprint density at radius 3 is 3.23 bits per heavy atom. The smallest absolute Gasteiger partial charge is 0.122 e. The molecule has 4 aliphatic rings. The van der Waals surface area contributed by atoms with Gasteiger partial charge < -0.3 is 9.72 Å². The number of fused-ring (bicyclic) bond motifs is 3. The molecule has 0 bridgehead atoms. The van der Waals surface area contributed by atoms with Gasteiger partial charge in [0, 0.05) is 35.4 Å². The van der Waals surface area contributed by atoms with E-state index in [4.69, 9.17) is 4.74 Å². The fourth-order valence-electron chi connectivity index (χ4n) is 4.36. The highest BCUT2D eigenvalue weighted by molar-refractivity contribution is 5.82. The highest BCUT2D eigenvalue weighted by Crippen LogP contribution is 2.44. The Labute approximate surface area is 151 Å². The summed E-state index contributed by atoms with van der Waals surface area (Å²) in [6.07, 6.45) is 14.3. The van der Waals surface area contributed by atoms with Gasteiger partial charge in [0.1, 0.15) is 12.1 Å². The highest BCUT2D eigenvalue weighted by Gasteiger charge is 2.32. The van der Waals surface area contributed by atoms with Gasteiger partial charge in [-0.05, 0) is 29.7 Å². The molecule has 1 aromatic heterocycles. The molecule has 5 heteroatoms. The van der Waals surface area contributed by atoms with Crippen LogP contribution in [-0.4, -0.2) is 22.9 Å². The summed E-state index contributed by atoms with van der Waals surface area (Å²) in [4.78, 5) is 7.77. The number of aromatic nitrogens is 1. The molecule has 4 heterocycles. The molecule has 0 fully saturated rings.